The monoisotopic (exact) mass is 414 g/mol. The molecule has 0 spiro atoms. The second-order valence-corrected chi connectivity index (χ2v) is 8.02. The molecular weight excluding hydrogens is 388 g/mol. The minimum atomic E-state index is 0.00831. The number of nitrogens with zero attached hydrogens (tertiary/aromatic N) is 4. The molecule has 5 rings (SSSR count). The molecule has 0 aliphatic carbocycles. The molecule has 1 aliphatic heterocycles. The highest BCUT2D eigenvalue weighted by Crippen LogP contribution is 2.26. The first kappa shape index (κ1) is 19.4. The number of H-pyrrole nitrogens is 1. The summed E-state index contributed by atoms with van der Waals surface area (Å²) >= 11 is 0. The van der Waals surface area contributed by atoms with E-state index in [-0.39, 0.29) is 11.9 Å². The van der Waals surface area contributed by atoms with Crippen LogP contribution < -0.4 is 5.32 Å². The van der Waals surface area contributed by atoms with Crippen LogP contribution in [-0.4, -0.2) is 50.3 Å². The van der Waals surface area contributed by atoms with Crippen molar-refractivity contribution in [2.75, 3.05) is 19.6 Å². The van der Waals surface area contributed by atoms with Crippen LogP contribution in [0.4, 0.5) is 4.79 Å². The number of carbonyl (C=O) groups excluding carboxylic acids is 1. The standard InChI is InChI=1S/C24H26N6O/c31-24(25-14-12-18-8-10-20(11-9-18)30-16-4-13-26-30)29-15-3-5-19(17-29)23-27-21-6-1-2-7-22(21)28-23/h1-2,4,6-11,13,16,19H,3,5,12,14-15,17H2,(H,25,31)(H,27,28). The Kier molecular flexibility index (Phi) is 5.39. The number of carbonyl (C=O) groups is 1. The van der Waals surface area contributed by atoms with Crippen LogP contribution in [-0.2, 0) is 6.42 Å². The van der Waals surface area contributed by atoms with Gasteiger partial charge in [0.15, 0.2) is 0 Å². The van der Waals surface area contributed by atoms with Gasteiger partial charge in [-0.3, -0.25) is 0 Å². The highest BCUT2D eigenvalue weighted by atomic mass is 16.2. The number of hydrogen-bond donors (Lipinski definition) is 2. The zero-order chi connectivity index (χ0) is 21.0. The molecule has 7 heteroatoms. The molecule has 2 N–H and O–H groups in total. The number of likely N-dealkylation sites (tertiary alicyclic amines) is 1. The third-order valence-corrected chi connectivity index (χ3v) is 5.90. The number of benzene rings is 2. The van der Waals surface area contributed by atoms with Crippen molar-refractivity contribution in [1.29, 1.82) is 0 Å². The lowest BCUT2D eigenvalue weighted by molar-refractivity contribution is 0.178. The molecule has 0 saturated carbocycles. The Labute approximate surface area is 181 Å². The molecule has 1 fully saturated rings. The first-order chi connectivity index (χ1) is 15.3. The van der Waals surface area contributed by atoms with Crippen molar-refractivity contribution in [2.24, 2.45) is 0 Å². The fourth-order valence-corrected chi connectivity index (χ4v) is 4.21. The van der Waals surface area contributed by atoms with Crippen LogP contribution in [0.1, 0.15) is 30.1 Å². The van der Waals surface area contributed by atoms with Gasteiger partial charge in [0.1, 0.15) is 5.82 Å². The van der Waals surface area contributed by atoms with Crippen molar-refractivity contribution in [3.63, 3.8) is 0 Å². The summed E-state index contributed by atoms with van der Waals surface area (Å²) in [6, 6.07) is 18.2. The summed E-state index contributed by atoms with van der Waals surface area (Å²) in [5.74, 6) is 1.23. The van der Waals surface area contributed by atoms with E-state index in [9.17, 15) is 4.79 Å². The molecule has 158 valence electrons. The van der Waals surface area contributed by atoms with Crippen LogP contribution in [0.25, 0.3) is 16.7 Å². The molecule has 7 nitrogen and oxygen atoms in total. The number of fused-ring (bicyclic) bond motifs is 1. The number of amides is 2. The largest absolute Gasteiger partial charge is 0.342 e. The van der Waals surface area contributed by atoms with Crippen LogP contribution in [0.2, 0.25) is 0 Å². The van der Waals surface area contributed by atoms with Crippen molar-refractivity contribution in [3.8, 4) is 5.69 Å². The summed E-state index contributed by atoms with van der Waals surface area (Å²) in [6.07, 6.45) is 6.53. The van der Waals surface area contributed by atoms with Gasteiger partial charge in [-0.15, -0.1) is 0 Å². The number of hydrogen-bond acceptors (Lipinski definition) is 3. The molecule has 1 unspecified atom stereocenters. The van der Waals surface area contributed by atoms with Gasteiger partial charge < -0.3 is 15.2 Å². The molecule has 0 radical (unpaired) electrons. The quantitative estimate of drug-likeness (QED) is 0.520. The van der Waals surface area contributed by atoms with Gasteiger partial charge in [-0.1, -0.05) is 24.3 Å². The zero-order valence-corrected chi connectivity index (χ0v) is 17.4. The molecule has 1 atom stereocenters. The Morgan fingerprint density at radius 2 is 2.00 bits per heavy atom. The van der Waals surface area contributed by atoms with Crippen LogP contribution in [0.15, 0.2) is 67.0 Å². The molecule has 31 heavy (non-hydrogen) atoms. The minimum absolute atomic E-state index is 0.00831. The molecule has 0 bridgehead atoms. The van der Waals surface area contributed by atoms with E-state index in [4.69, 9.17) is 4.98 Å². The highest BCUT2D eigenvalue weighted by molar-refractivity contribution is 5.75. The molecule has 4 aromatic rings. The topological polar surface area (TPSA) is 78.8 Å². The van der Waals surface area contributed by atoms with E-state index in [1.807, 2.05) is 58.2 Å². The predicted octanol–water partition coefficient (Wildman–Crippen LogP) is 3.88. The first-order valence-corrected chi connectivity index (χ1v) is 10.8. The van der Waals surface area contributed by atoms with E-state index in [0.717, 1.165) is 48.4 Å². The van der Waals surface area contributed by atoms with Gasteiger partial charge in [-0.2, -0.15) is 5.10 Å². The van der Waals surface area contributed by atoms with E-state index < -0.39 is 0 Å². The molecular formula is C24H26N6O. The molecule has 2 amide bonds. The number of para-hydroxylation sites is 2. The summed E-state index contributed by atoms with van der Waals surface area (Å²) in [5, 5.41) is 7.32. The lowest BCUT2D eigenvalue weighted by Crippen LogP contribution is -2.45. The van der Waals surface area contributed by atoms with Crippen LogP contribution >= 0.6 is 0 Å². The maximum absolute atomic E-state index is 12.7. The first-order valence-electron chi connectivity index (χ1n) is 10.8. The van der Waals surface area contributed by atoms with Gasteiger partial charge >= 0.3 is 6.03 Å². The summed E-state index contributed by atoms with van der Waals surface area (Å²) in [6.45, 7) is 2.11. The van der Waals surface area contributed by atoms with Crippen molar-refractivity contribution in [2.45, 2.75) is 25.2 Å². The number of nitrogens with one attached hydrogen (secondary N) is 2. The second kappa shape index (κ2) is 8.63. The van der Waals surface area contributed by atoms with Crippen LogP contribution in [0.5, 0.6) is 0 Å². The Balaban J connectivity index is 1.14. The fraction of sp³-hybridized carbons (Fsp3) is 0.292. The lowest BCUT2D eigenvalue weighted by atomic mass is 9.97. The van der Waals surface area contributed by atoms with Gasteiger partial charge in [0.05, 0.1) is 16.7 Å². The summed E-state index contributed by atoms with van der Waals surface area (Å²) in [7, 11) is 0. The van der Waals surface area contributed by atoms with Crippen LogP contribution in [0.3, 0.4) is 0 Å². The van der Waals surface area contributed by atoms with E-state index in [1.54, 1.807) is 6.20 Å². The third kappa shape index (κ3) is 4.30. The predicted molar refractivity (Wildman–Crippen MR) is 120 cm³/mol. The number of aromatic amines is 1. The Hall–Kier alpha value is -3.61. The van der Waals surface area contributed by atoms with Gasteiger partial charge in [-0.05, 0) is 55.2 Å². The van der Waals surface area contributed by atoms with Gasteiger partial charge in [0.2, 0.25) is 0 Å². The summed E-state index contributed by atoms with van der Waals surface area (Å²) in [4.78, 5) is 22.8. The third-order valence-electron chi connectivity index (χ3n) is 5.90. The average Bonchev–Trinajstić information content (AvgIpc) is 3.50. The number of rotatable bonds is 5. The van der Waals surface area contributed by atoms with Crippen LogP contribution in [0, 0.1) is 0 Å². The normalized spacial score (nSPS) is 16.5. The molecule has 1 aliphatic rings. The second-order valence-electron chi connectivity index (χ2n) is 8.02. The Bertz CT molecular complexity index is 1120. The molecule has 2 aromatic carbocycles. The van der Waals surface area contributed by atoms with E-state index in [1.165, 1.54) is 5.56 Å². The van der Waals surface area contributed by atoms with Crippen molar-refractivity contribution < 1.29 is 4.79 Å². The molecule has 3 heterocycles. The van der Waals surface area contributed by atoms with E-state index >= 15 is 0 Å². The van der Waals surface area contributed by atoms with Gasteiger partial charge in [0.25, 0.3) is 0 Å². The summed E-state index contributed by atoms with van der Waals surface area (Å²) < 4.78 is 1.83. The molecule has 2 aromatic heterocycles. The SMILES string of the molecule is O=C(NCCc1ccc(-n2cccn2)cc1)N1CCCC(c2nc3ccccc3[nH]2)C1. The van der Waals surface area contributed by atoms with Crippen molar-refractivity contribution in [1.82, 2.24) is 30.0 Å². The Morgan fingerprint density at radius 3 is 2.81 bits per heavy atom. The number of imidazole rings is 1. The van der Waals surface area contributed by atoms with E-state index in [0.29, 0.717) is 13.1 Å². The van der Waals surface area contributed by atoms with Crippen molar-refractivity contribution >= 4 is 17.1 Å². The Morgan fingerprint density at radius 1 is 1.13 bits per heavy atom. The smallest absolute Gasteiger partial charge is 0.317 e. The maximum atomic E-state index is 12.7. The highest BCUT2D eigenvalue weighted by Gasteiger charge is 2.26. The van der Waals surface area contributed by atoms with Gasteiger partial charge in [0, 0.05) is 37.9 Å². The van der Waals surface area contributed by atoms with Gasteiger partial charge in [-0.25, -0.2) is 14.5 Å². The molecule has 1 saturated heterocycles. The number of urea groups is 1. The lowest BCUT2D eigenvalue weighted by Gasteiger charge is -2.31. The van der Waals surface area contributed by atoms with Crippen molar-refractivity contribution in [3.05, 3.63) is 78.4 Å². The summed E-state index contributed by atoms with van der Waals surface area (Å²) in [5.41, 5.74) is 4.26. The number of piperidine rings is 1. The van der Waals surface area contributed by atoms with E-state index in [2.05, 4.69) is 27.5 Å². The average molecular weight is 415 g/mol. The number of aromatic nitrogens is 4. The maximum Gasteiger partial charge on any atom is 0.317 e. The minimum Gasteiger partial charge on any atom is -0.342 e. The fourth-order valence-electron chi connectivity index (χ4n) is 4.21. The zero-order valence-electron chi connectivity index (χ0n) is 17.4.